The SMILES string of the molecule is C=IN(Cc1nc(-c2ccc3ncnn3c2)c(-c2cccc(C)n2)[nH]1)Cc1ccccc1C1CCCCC1. The molecule has 1 N–H and O–H groups in total. The van der Waals surface area contributed by atoms with Gasteiger partial charge in [0.05, 0.1) is 23.6 Å². The number of nitrogens with one attached hydrogen (secondary N) is 1. The second-order valence-corrected chi connectivity index (χ2v) is 12.0. The smallest absolute Gasteiger partial charge is 0.155 e. The average molecular weight is 618 g/mol. The third-order valence-corrected chi connectivity index (χ3v) is 9.02. The molecular formula is C30H32IN7. The molecule has 4 aromatic heterocycles. The van der Waals surface area contributed by atoms with E-state index in [1.165, 1.54) is 43.2 Å². The number of aryl methyl sites for hydroxylation is 1. The molecule has 1 fully saturated rings. The number of fused-ring (bicyclic) bond motifs is 1. The normalized spacial score (nSPS) is 14.5. The van der Waals surface area contributed by atoms with E-state index in [2.05, 4.69) is 53.0 Å². The van der Waals surface area contributed by atoms with Crippen molar-refractivity contribution in [3.63, 3.8) is 0 Å². The van der Waals surface area contributed by atoms with Crippen LogP contribution >= 0.6 is 21.0 Å². The van der Waals surface area contributed by atoms with E-state index >= 15 is 0 Å². The van der Waals surface area contributed by atoms with E-state index in [1.807, 2.05) is 37.4 Å². The number of aromatic nitrogens is 6. The van der Waals surface area contributed by atoms with Crippen molar-refractivity contribution in [2.75, 3.05) is 0 Å². The summed E-state index contributed by atoms with van der Waals surface area (Å²) in [6.45, 7) is 3.64. The fourth-order valence-corrected chi connectivity index (χ4v) is 6.68. The Morgan fingerprint density at radius 2 is 1.87 bits per heavy atom. The van der Waals surface area contributed by atoms with E-state index in [-0.39, 0.29) is 0 Å². The van der Waals surface area contributed by atoms with Gasteiger partial charge in [-0.05, 0) is 82.1 Å². The molecule has 0 radical (unpaired) electrons. The van der Waals surface area contributed by atoms with Crippen LogP contribution in [0.4, 0.5) is 0 Å². The maximum atomic E-state index is 5.11. The highest BCUT2D eigenvalue weighted by Gasteiger charge is 2.21. The number of hydrogen-bond donors (Lipinski definition) is 1. The third-order valence-electron chi connectivity index (χ3n) is 7.38. The van der Waals surface area contributed by atoms with Crippen LogP contribution in [0.1, 0.15) is 60.7 Å². The predicted octanol–water partition coefficient (Wildman–Crippen LogP) is 6.86. The third kappa shape index (κ3) is 5.33. The van der Waals surface area contributed by atoms with Crippen molar-refractivity contribution in [3.05, 3.63) is 89.8 Å². The molecule has 38 heavy (non-hydrogen) atoms. The van der Waals surface area contributed by atoms with Crippen LogP contribution in [-0.2, 0) is 13.1 Å². The van der Waals surface area contributed by atoms with Crippen LogP contribution in [0, 0.1) is 6.92 Å². The summed E-state index contributed by atoms with van der Waals surface area (Å²) in [6, 6.07) is 19.1. The molecule has 1 saturated carbocycles. The van der Waals surface area contributed by atoms with Crippen molar-refractivity contribution in [1.82, 2.24) is 32.7 Å². The molecule has 6 rings (SSSR count). The number of benzene rings is 1. The van der Waals surface area contributed by atoms with Gasteiger partial charge in [0.25, 0.3) is 0 Å². The van der Waals surface area contributed by atoms with Gasteiger partial charge in [-0.3, -0.25) is 4.98 Å². The van der Waals surface area contributed by atoms with Gasteiger partial charge >= 0.3 is 0 Å². The fraction of sp³-hybridized carbons (Fsp3) is 0.300. The number of imidazole rings is 1. The molecular weight excluding hydrogens is 585 g/mol. The van der Waals surface area contributed by atoms with Gasteiger partial charge in [0.1, 0.15) is 12.2 Å². The van der Waals surface area contributed by atoms with Gasteiger partial charge in [0.15, 0.2) is 5.65 Å². The molecule has 5 aromatic rings. The largest absolute Gasteiger partial charge is 0.339 e. The van der Waals surface area contributed by atoms with Crippen molar-refractivity contribution in [1.29, 1.82) is 0 Å². The molecule has 194 valence electrons. The lowest BCUT2D eigenvalue weighted by atomic mass is 9.82. The quantitative estimate of drug-likeness (QED) is 0.152. The molecule has 0 aliphatic heterocycles. The monoisotopic (exact) mass is 617 g/mol. The molecule has 0 saturated heterocycles. The van der Waals surface area contributed by atoms with Gasteiger partial charge in [0.2, 0.25) is 0 Å². The first-order chi connectivity index (χ1) is 18.7. The lowest BCUT2D eigenvalue weighted by Crippen LogP contribution is -2.15. The lowest BCUT2D eigenvalue weighted by molar-refractivity contribution is 0.433. The minimum atomic E-state index is -0.390. The summed E-state index contributed by atoms with van der Waals surface area (Å²) >= 11 is -0.390. The Morgan fingerprint density at radius 3 is 2.71 bits per heavy atom. The minimum absolute atomic E-state index is 0.390. The van der Waals surface area contributed by atoms with E-state index in [9.17, 15) is 0 Å². The highest BCUT2D eigenvalue weighted by Crippen LogP contribution is 2.36. The van der Waals surface area contributed by atoms with Crippen LogP contribution in [0.15, 0.2) is 67.1 Å². The first-order valence-corrected chi connectivity index (χ1v) is 15.7. The first-order valence-electron chi connectivity index (χ1n) is 13.2. The van der Waals surface area contributed by atoms with E-state index in [1.54, 1.807) is 10.8 Å². The summed E-state index contributed by atoms with van der Waals surface area (Å²) in [5.74, 6) is 1.61. The Balaban J connectivity index is 1.32. The van der Waals surface area contributed by atoms with E-state index < -0.39 is 21.0 Å². The highest BCUT2D eigenvalue weighted by molar-refractivity contribution is 14.2. The van der Waals surface area contributed by atoms with Crippen molar-refractivity contribution in [2.24, 2.45) is 0 Å². The summed E-state index contributed by atoms with van der Waals surface area (Å²) in [4.78, 5) is 17.8. The van der Waals surface area contributed by atoms with Crippen LogP contribution < -0.4 is 0 Å². The van der Waals surface area contributed by atoms with Gasteiger partial charge in [-0.15, -0.1) is 0 Å². The Kier molecular flexibility index (Phi) is 7.42. The highest BCUT2D eigenvalue weighted by atomic mass is 127. The standard InChI is InChI=1S/C30H32IN7/c1-21-9-8-14-26(34-21)30-29(24-15-16-28-32-20-33-38(28)18-24)35-27(36-30)19-37(31-2)17-23-12-6-7-13-25(23)22-10-4-3-5-11-22/h6-9,12-16,18,20,22H,2-5,10-11,17,19H2,1H3,(H,35,36). The second kappa shape index (κ2) is 11.2. The molecule has 7 nitrogen and oxygen atoms in total. The number of nitrogens with zero attached hydrogens (tertiary/aromatic N) is 6. The fourth-order valence-electron chi connectivity index (χ4n) is 5.51. The molecule has 1 aliphatic rings. The molecule has 0 atom stereocenters. The molecule has 1 aromatic carbocycles. The zero-order valence-electron chi connectivity index (χ0n) is 21.6. The van der Waals surface area contributed by atoms with Gasteiger partial charge in [-0.1, -0.05) is 54.1 Å². The minimum Gasteiger partial charge on any atom is -0.339 e. The van der Waals surface area contributed by atoms with E-state index in [4.69, 9.17) is 9.97 Å². The first kappa shape index (κ1) is 25.1. The molecule has 0 spiro atoms. The summed E-state index contributed by atoms with van der Waals surface area (Å²) in [7, 11) is 0. The molecule has 0 bridgehead atoms. The molecule has 0 amide bonds. The molecule has 4 heterocycles. The zero-order chi connectivity index (χ0) is 25.9. The summed E-state index contributed by atoms with van der Waals surface area (Å²) < 4.78 is 8.62. The summed E-state index contributed by atoms with van der Waals surface area (Å²) in [5, 5.41) is 4.32. The van der Waals surface area contributed by atoms with Crippen molar-refractivity contribution in [3.8, 4) is 22.6 Å². The van der Waals surface area contributed by atoms with Crippen LogP contribution in [0.25, 0.3) is 28.3 Å². The molecule has 0 unspecified atom stereocenters. The maximum absolute atomic E-state index is 5.11. The van der Waals surface area contributed by atoms with E-state index in [0.29, 0.717) is 5.92 Å². The van der Waals surface area contributed by atoms with Gasteiger partial charge in [-0.25, -0.2) is 17.6 Å². The lowest BCUT2D eigenvalue weighted by Gasteiger charge is -2.26. The van der Waals surface area contributed by atoms with Crippen LogP contribution in [0.5, 0.6) is 0 Å². The summed E-state index contributed by atoms with van der Waals surface area (Å²) in [6.07, 6.45) is 10.2. The maximum Gasteiger partial charge on any atom is 0.155 e. The van der Waals surface area contributed by atoms with Crippen molar-refractivity contribution in [2.45, 2.75) is 58.0 Å². The van der Waals surface area contributed by atoms with Crippen molar-refractivity contribution >= 4 is 31.2 Å². The summed E-state index contributed by atoms with van der Waals surface area (Å²) in [5.41, 5.74) is 8.41. The predicted molar refractivity (Wildman–Crippen MR) is 161 cm³/mol. The number of rotatable bonds is 8. The second-order valence-electron chi connectivity index (χ2n) is 9.98. The van der Waals surface area contributed by atoms with Crippen molar-refractivity contribution < 1.29 is 0 Å². The number of aromatic amines is 1. The van der Waals surface area contributed by atoms with Crippen LogP contribution in [0.3, 0.4) is 0 Å². The Morgan fingerprint density at radius 1 is 1.00 bits per heavy atom. The Bertz CT molecular complexity index is 1560. The number of halogens is 1. The molecule has 8 heteroatoms. The number of pyridine rings is 2. The Labute approximate surface area is 233 Å². The topological polar surface area (TPSA) is 75.0 Å². The van der Waals surface area contributed by atoms with Crippen LogP contribution in [0.2, 0.25) is 0 Å². The van der Waals surface area contributed by atoms with Crippen LogP contribution in [-0.4, -0.2) is 37.2 Å². The number of H-pyrrole nitrogens is 1. The van der Waals surface area contributed by atoms with Gasteiger partial charge in [0, 0.05) is 24.0 Å². The van der Waals surface area contributed by atoms with Gasteiger partial charge < -0.3 is 4.98 Å². The Hall–Kier alpha value is -3.24. The van der Waals surface area contributed by atoms with E-state index in [0.717, 1.165) is 52.9 Å². The average Bonchev–Trinajstić information content (AvgIpc) is 3.60. The van der Waals surface area contributed by atoms with Gasteiger partial charge in [-0.2, -0.15) is 5.10 Å². The molecule has 1 aliphatic carbocycles. The number of hydrogen-bond acceptors (Lipinski definition) is 5. The zero-order valence-corrected chi connectivity index (χ0v) is 23.8.